The summed E-state index contributed by atoms with van der Waals surface area (Å²) in [5.74, 6) is 1.07. The van der Waals surface area contributed by atoms with Crippen molar-refractivity contribution in [1.29, 1.82) is 0 Å². The molecule has 4 heterocycles. The third-order valence-corrected chi connectivity index (χ3v) is 6.66. The van der Waals surface area contributed by atoms with Gasteiger partial charge in [-0.1, -0.05) is 0 Å². The highest BCUT2D eigenvalue weighted by Gasteiger charge is 2.11. The first-order valence-corrected chi connectivity index (χ1v) is 9.88. The van der Waals surface area contributed by atoms with Crippen molar-refractivity contribution >= 4 is 11.0 Å². The number of hydrogen-bond donors (Lipinski definition) is 0. The summed E-state index contributed by atoms with van der Waals surface area (Å²) in [4.78, 5) is 8.73. The van der Waals surface area contributed by atoms with Crippen LogP contribution >= 0.6 is 0 Å². The maximum atomic E-state index is 4.36. The molecular weight excluding hydrogens is 344 g/mol. The Morgan fingerprint density at radius 1 is 0.607 bits per heavy atom. The van der Waals surface area contributed by atoms with Crippen molar-refractivity contribution in [3.8, 4) is 0 Å². The monoisotopic (exact) mass is 376 g/mol. The van der Waals surface area contributed by atoms with Crippen LogP contribution in [0.15, 0.2) is 12.5 Å². The molecule has 0 spiro atoms. The summed E-state index contributed by atoms with van der Waals surface area (Å²) < 4.78 is 4.42. The number of pyridine rings is 2. The topological polar surface area (TPSA) is 34.6 Å². The fourth-order valence-electron chi connectivity index (χ4n) is 4.10. The molecule has 0 aromatic carbocycles. The van der Waals surface area contributed by atoms with Crippen LogP contribution in [-0.2, 0) is 0 Å². The van der Waals surface area contributed by atoms with Crippen molar-refractivity contribution in [3.05, 3.63) is 68.8 Å². The van der Waals surface area contributed by atoms with Gasteiger partial charge in [-0.25, -0.2) is 9.97 Å². The standard InChI is InChI=1S/2C12H16N2/c1-7-8(2)11(5)14-6-13-10(4)12(14)9(7)3;1-7-8(2)10(4)14-11(5)13-6-12(14)9(7)3/h2*6H,1-5H3. The van der Waals surface area contributed by atoms with Crippen LogP contribution in [-0.4, -0.2) is 18.8 Å². The minimum atomic E-state index is 1.07. The van der Waals surface area contributed by atoms with Gasteiger partial charge >= 0.3 is 0 Å². The Hall–Kier alpha value is -2.62. The zero-order valence-electron chi connectivity index (χ0n) is 18.9. The molecule has 4 aromatic heterocycles. The maximum Gasteiger partial charge on any atom is 0.110 e. The summed E-state index contributed by atoms with van der Waals surface area (Å²) in [5, 5.41) is 0. The van der Waals surface area contributed by atoms with E-state index in [9.17, 15) is 0 Å². The van der Waals surface area contributed by atoms with E-state index in [1.165, 1.54) is 55.8 Å². The van der Waals surface area contributed by atoms with Crippen LogP contribution in [0.4, 0.5) is 0 Å². The predicted octanol–water partition coefficient (Wildman–Crippen LogP) is 5.75. The second-order valence-corrected chi connectivity index (χ2v) is 8.00. The van der Waals surface area contributed by atoms with E-state index in [0.717, 1.165) is 11.5 Å². The first-order chi connectivity index (χ1) is 13.1. The molecule has 4 nitrogen and oxygen atoms in total. The molecule has 0 saturated carbocycles. The van der Waals surface area contributed by atoms with Gasteiger partial charge in [0.1, 0.15) is 5.82 Å². The Labute approximate surface area is 168 Å². The van der Waals surface area contributed by atoms with Gasteiger partial charge < -0.3 is 8.80 Å². The van der Waals surface area contributed by atoms with Gasteiger partial charge in [0, 0.05) is 11.4 Å². The molecule has 0 aliphatic heterocycles. The molecule has 0 unspecified atom stereocenters. The minimum Gasteiger partial charge on any atom is -0.303 e. The molecule has 0 bridgehead atoms. The van der Waals surface area contributed by atoms with Crippen molar-refractivity contribution in [2.45, 2.75) is 69.2 Å². The number of rotatable bonds is 0. The fraction of sp³-hybridized carbons (Fsp3) is 0.417. The first-order valence-electron chi connectivity index (χ1n) is 9.88. The number of fused-ring (bicyclic) bond motifs is 2. The van der Waals surface area contributed by atoms with Crippen LogP contribution in [0, 0.1) is 69.2 Å². The van der Waals surface area contributed by atoms with Gasteiger partial charge in [0.15, 0.2) is 0 Å². The highest BCUT2D eigenvalue weighted by Crippen LogP contribution is 2.24. The van der Waals surface area contributed by atoms with Crippen molar-refractivity contribution in [1.82, 2.24) is 18.8 Å². The van der Waals surface area contributed by atoms with Crippen LogP contribution in [0.2, 0.25) is 0 Å². The summed E-state index contributed by atoms with van der Waals surface area (Å²) >= 11 is 0. The molecule has 0 amide bonds. The van der Waals surface area contributed by atoms with Crippen LogP contribution in [0.1, 0.15) is 56.3 Å². The van der Waals surface area contributed by atoms with E-state index in [1.54, 1.807) is 0 Å². The summed E-state index contributed by atoms with van der Waals surface area (Å²) in [6.07, 6.45) is 3.88. The van der Waals surface area contributed by atoms with E-state index in [1.807, 2.05) is 19.4 Å². The zero-order valence-corrected chi connectivity index (χ0v) is 18.9. The number of hydrogen-bond acceptors (Lipinski definition) is 2. The van der Waals surface area contributed by atoms with E-state index in [2.05, 4.69) is 81.1 Å². The lowest BCUT2D eigenvalue weighted by atomic mass is 10.0. The van der Waals surface area contributed by atoms with Crippen molar-refractivity contribution in [2.75, 3.05) is 0 Å². The molecule has 28 heavy (non-hydrogen) atoms. The smallest absolute Gasteiger partial charge is 0.110 e. The average molecular weight is 377 g/mol. The molecule has 0 N–H and O–H groups in total. The van der Waals surface area contributed by atoms with Crippen LogP contribution < -0.4 is 0 Å². The molecule has 4 heteroatoms. The minimum absolute atomic E-state index is 1.07. The Morgan fingerprint density at radius 2 is 1.18 bits per heavy atom. The summed E-state index contributed by atoms with van der Waals surface area (Å²) in [7, 11) is 0. The largest absolute Gasteiger partial charge is 0.303 e. The molecular formula is C24H32N4. The second-order valence-electron chi connectivity index (χ2n) is 8.00. The van der Waals surface area contributed by atoms with Gasteiger partial charge in [-0.05, 0) is 103 Å². The van der Waals surface area contributed by atoms with E-state index in [0.29, 0.717) is 0 Å². The molecule has 4 rings (SSSR count). The number of aryl methyl sites for hydroxylation is 6. The van der Waals surface area contributed by atoms with Gasteiger partial charge in [0.25, 0.3) is 0 Å². The maximum absolute atomic E-state index is 4.36. The molecule has 0 aliphatic carbocycles. The van der Waals surface area contributed by atoms with E-state index in [-0.39, 0.29) is 0 Å². The van der Waals surface area contributed by atoms with E-state index < -0.39 is 0 Å². The fourth-order valence-corrected chi connectivity index (χ4v) is 4.10. The lowest BCUT2D eigenvalue weighted by Gasteiger charge is -2.12. The molecule has 4 aromatic rings. The summed E-state index contributed by atoms with van der Waals surface area (Å²) in [5.41, 5.74) is 14.4. The molecule has 148 valence electrons. The van der Waals surface area contributed by atoms with Gasteiger partial charge in [0.2, 0.25) is 0 Å². The Bertz CT molecular complexity index is 1110. The Balaban J connectivity index is 0.000000161. The number of aromatic nitrogens is 4. The van der Waals surface area contributed by atoms with Gasteiger partial charge in [-0.15, -0.1) is 0 Å². The molecule has 0 fully saturated rings. The zero-order chi connectivity index (χ0) is 20.9. The van der Waals surface area contributed by atoms with Crippen molar-refractivity contribution in [3.63, 3.8) is 0 Å². The summed E-state index contributed by atoms with van der Waals surface area (Å²) in [6.45, 7) is 21.5. The lowest BCUT2D eigenvalue weighted by molar-refractivity contribution is 0.965. The average Bonchev–Trinajstić information content (AvgIpc) is 3.25. The molecule has 0 atom stereocenters. The normalized spacial score (nSPS) is 11.2. The van der Waals surface area contributed by atoms with Gasteiger partial charge in [0.05, 0.1) is 29.3 Å². The van der Waals surface area contributed by atoms with E-state index >= 15 is 0 Å². The van der Waals surface area contributed by atoms with Crippen LogP contribution in [0.5, 0.6) is 0 Å². The van der Waals surface area contributed by atoms with Gasteiger partial charge in [-0.3, -0.25) is 0 Å². The molecule has 0 aliphatic rings. The predicted molar refractivity (Wildman–Crippen MR) is 118 cm³/mol. The Kier molecular flexibility index (Phi) is 5.09. The quantitative estimate of drug-likeness (QED) is 0.391. The van der Waals surface area contributed by atoms with Crippen molar-refractivity contribution < 1.29 is 0 Å². The highest BCUT2D eigenvalue weighted by atomic mass is 15.0. The SMILES string of the molecule is Cc1c(C)c(C)n2c(C)ncc2c1C.Cc1c(C)c(C)n2cnc(C)c2c1C. The number of imidazole rings is 2. The second kappa shape index (κ2) is 7.08. The Morgan fingerprint density at radius 3 is 1.82 bits per heavy atom. The van der Waals surface area contributed by atoms with Crippen LogP contribution in [0.3, 0.4) is 0 Å². The van der Waals surface area contributed by atoms with Gasteiger partial charge in [-0.2, -0.15) is 0 Å². The molecule has 0 radical (unpaired) electrons. The van der Waals surface area contributed by atoms with Crippen molar-refractivity contribution in [2.24, 2.45) is 0 Å². The number of nitrogens with zero attached hydrogens (tertiary/aromatic N) is 4. The molecule has 0 saturated heterocycles. The van der Waals surface area contributed by atoms with Crippen LogP contribution in [0.25, 0.3) is 11.0 Å². The summed E-state index contributed by atoms with van der Waals surface area (Å²) in [6, 6.07) is 0. The first kappa shape index (κ1) is 20.1. The van der Waals surface area contributed by atoms with E-state index in [4.69, 9.17) is 0 Å². The third-order valence-electron chi connectivity index (χ3n) is 6.66. The highest BCUT2D eigenvalue weighted by molar-refractivity contribution is 5.63. The lowest BCUT2D eigenvalue weighted by Crippen LogP contribution is -2.01. The third kappa shape index (κ3) is 2.92.